The molecule has 0 spiro atoms. The Bertz CT molecular complexity index is 1830. The van der Waals surface area contributed by atoms with Crippen molar-refractivity contribution in [3.63, 3.8) is 0 Å². The Balaban J connectivity index is 1.33. The first-order valence-electron chi connectivity index (χ1n) is 15.8. The summed E-state index contributed by atoms with van der Waals surface area (Å²) in [4.78, 5) is 32.2. The van der Waals surface area contributed by atoms with E-state index < -0.39 is 21.5 Å². The van der Waals surface area contributed by atoms with Gasteiger partial charge in [0.1, 0.15) is 5.75 Å². The molecule has 2 aromatic carbocycles. The highest BCUT2D eigenvalue weighted by molar-refractivity contribution is 7.87. The van der Waals surface area contributed by atoms with Crippen molar-refractivity contribution in [2.45, 2.75) is 75.4 Å². The lowest BCUT2D eigenvalue weighted by Gasteiger charge is -2.35. The number of piperazine rings is 1. The molecule has 4 atom stereocenters. The summed E-state index contributed by atoms with van der Waals surface area (Å²) in [5, 5.41) is 6.20. The number of likely N-dealkylation sites (tertiary alicyclic amines) is 2. The Kier molecular flexibility index (Phi) is 6.25. The SMILES string of the molecule is COc1ccc2c(c1)C1CC1(C(=O)N1C[C@@H]3C[C@H]1CN3C)Cn1c-2c(C2CCCCC2)c2ccc(C(=O)NS(N)(=O)=O)cc21. The summed E-state index contributed by atoms with van der Waals surface area (Å²) in [6.07, 6.45) is 7.52. The number of carbonyl (C=O) groups is 2. The van der Waals surface area contributed by atoms with Crippen LogP contribution in [0.15, 0.2) is 36.4 Å². The quantitative estimate of drug-likeness (QED) is 0.450. The van der Waals surface area contributed by atoms with E-state index in [-0.39, 0.29) is 23.4 Å². The van der Waals surface area contributed by atoms with E-state index in [1.54, 1.807) is 19.2 Å². The van der Waals surface area contributed by atoms with Crippen molar-refractivity contribution in [1.82, 2.24) is 19.1 Å². The maximum absolute atomic E-state index is 14.7. The van der Waals surface area contributed by atoms with Gasteiger partial charge in [0.2, 0.25) is 5.91 Å². The van der Waals surface area contributed by atoms with E-state index in [0.29, 0.717) is 18.5 Å². The number of rotatable bonds is 5. The van der Waals surface area contributed by atoms with Gasteiger partial charge in [-0.3, -0.25) is 14.5 Å². The number of aromatic nitrogens is 1. The second-order valence-corrected chi connectivity index (χ2v) is 15.0. The van der Waals surface area contributed by atoms with Crippen LogP contribution in [0, 0.1) is 5.41 Å². The van der Waals surface area contributed by atoms with E-state index in [2.05, 4.69) is 33.5 Å². The van der Waals surface area contributed by atoms with Crippen LogP contribution < -0.4 is 14.6 Å². The van der Waals surface area contributed by atoms with Crippen molar-refractivity contribution < 1.29 is 22.7 Å². The van der Waals surface area contributed by atoms with Gasteiger partial charge in [-0.15, -0.1) is 0 Å². The molecule has 10 nitrogen and oxygen atoms in total. The number of hydrogen-bond donors (Lipinski definition) is 2. The summed E-state index contributed by atoms with van der Waals surface area (Å²) >= 11 is 0. The van der Waals surface area contributed by atoms with Crippen LogP contribution in [0.3, 0.4) is 0 Å². The molecule has 2 saturated carbocycles. The molecule has 11 heteroatoms. The van der Waals surface area contributed by atoms with Crippen molar-refractivity contribution in [1.29, 1.82) is 0 Å². The maximum Gasteiger partial charge on any atom is 0.298 e. The zero-order chi connectivity index (χ0) is 30.5. The molecule has 2 bridgehead atoms. The minimum absolute atomic E-state index is 0.0694. The first-order valence-corrected chi connectivity index (χ1v) is 17.3. The fourth-order valence-corrected chi connectivity index (χ4v) is 9.39. The molecule has 232 valence electrons. The smallest absolute Gasteiger partial charge is 0.298 e. The van der Waals surface area contributed by atoms with Crippen LogP contribution in [0.1, 0.15) is 78.3 Å². The molecule has 0 radical (unpaired) electrons. The minimum Gasteiger partial charge on any atom is -0.497 e. The standard InChI is InChI=1S/C33H39N5O5S/c1-36-16-22-13-21(36)17-37(22)32(40)33-15-27(33)26-14-23(43-2)9-11-24(26)30-29(19-6-4-3-5-7-19)25-10-8-20(12-28(25)38(30)18-33)31(39)35-44(34,41)42/h8-12,14,19,21-22,27H,3-7,13,15-18H2,1-2H3,(H,35,39)(H2,34,41,42)/t21-,22-,27?,33?/m0/s1. The molecule has 3 N–H and O–H groups in total. The molecule has 2 aliphatic carbocycles. The summed E-state index contributed by atoms with van der Waals surface area (Å²) in [5.41, 5.74) is 5.15. The molecule has 4 heterocycles. The molecule has 1 aromatic heterocycles. The van der Waals surface area contributed by atoms with Crippen LogP contribution in [0.2, 0.25) is 0 Å². The number of methoxy groups -OCH3 is 1. The lowest BCUT2D eigenvalue weighted by Crippen LogP contribution is -2.50. The predicted octanol–water partition coefficient (Wildman–Crippen LogP) is 3.70. The van der Waals surface area contributed by atoms with Crippen LogP contribution in [0.4, 0.5) is 0 Å². The first-order chi connectivity index (χ1) is 21.1. The Morgan fingerprint density at radius 2 is 1.84 bits per heavy atom. The second kappa shape index (κ2) is 9.79. The Hall–Kier alpha value is -3.41. The molecular weight excluding hydrogens is 578 g/mol. The van der Waals surface area contributed by atoms with E-state index in [0.717, 1.165) is 85.1 Å². The molecular formula is C33H39N5O5S. The molecule has 44 heavy (non-hydrogen) atoms. The highest BCUT2D eigenvalue weighted by Crippen LogP contribution is 2.66. The monoisotopic (exact) mass is 617 g/mol. The second-order valence-electron chi connectivity index (χ2n) is 13.7. The Morgan fingerprint density at radius 1 is 1.05 bits per heavy atom. The summed E-state index contributed by atoms with van der Waals surface area (Å²) in [6, 6.07) is 12.3. The van der Waals surface area contributed by atoms with Crippen molar-refractivity contribution in [2.24, 2.45) is 10.6 Å². The predicted molar refractivity (Wildman–Crippen MR) is 167 cm³/mol. The Morgan fingerprint density at radius 3 is 2.52 bits per heavy atom. The van der Waals surface area contributed by atoms with E-state index in [4.69, 9.17) is 9.88 Å². The van der Waals surface area contributed by atoms with Gasteiger partial charge in [-0.2, -0.15) is 8.42 Å². The van der Waals surface area contributed by atoms with Gasteiger partial charge < -0.3 is 14.2 Å². The number of benzene rings is 2. The van der Waals surface area contributed by atoms with Crippen LogP contribution in [-0.4, -0.2) is 73.9 Å². The number of nitrogens with zero attached hydrogens (tertiary/aromatic N) is 3. The molecule has 4 fully saturated rings. The summed E-state index contributed by atoms with van der Waals surface area (Å²) in [6.45, 7) is 2.19. The normalized spacial score (nSPS) is 27.9. The van der Waals surface area contributed by atoms with Crippen LogP contribution >= 0.6 is 0 Å². The topological polar surface area (TPSA) is 127 Å². The van der Waals surface area contributed by atoms with Gasteiger partial charge in [-0.25, -0.2) is 9.86 Å². The zero-order valence-electron chi connectivity index (χ0n) is 25.2. The van der Waals surface area contributed by atoms with Crippen LogP contribution in [0.25, 0.3) is 22.2 Å². The number of nitrogens with one attached hydrogen (secondary N) is 1. The van der Waals surface area contributed by atoms with Crippen molar-refractivity contribution in [2.75, 3.05) is 27.2 Å². The molecule has 2 unspecified atom stereocenters. The third-order valence-electron chi connectivity index (χ3n) is 11.2. The number of nitrogens with two attached hydrogens (primary N) is 1. The van der Waals surface area contributed by atoms with Crippen molar-refractivity contribution in [3.8, 4) is 17.0 Å². The number of amides is 2. The highest BCUT2D eigenvalue weighted by Gasteiger charge is 2.65. The fraction of sp³-hybridized carbons (Fsp3) is 0.515. The number of carbonyl (C=O) groups excluding carboxylic acids is 2. The number of ether oxygens (including phenoxy) is 1. The van der Waals surface area contributed by atoms with E-state index >= 15 is 0 Å². The van der Waals surface area contributed by atoms with Gasteiger partial charge in [0, 0.05) is 59.7 Å². The third kappa shape index (κ3) is 4.23. The summed E-state index contributed by atoms with van der Waals surface area (Å²) in [5.74, 6) is 0.668. The van der Waals surface area contributed by atoms with E-state index in [9.17, 15) is 18.0 Å². The lowest BCUT2D eigenvalue weighted by molar-refractivity contribution is -0.140. The molecule has 5 aliphatic rings. The first kappa shape index (κ1) is 28.1. The van der Waals surface area contributed by atoms with Gasteiger partial charge in [0.25, 0.3) is 16.1 Å². The zero-order valence-corrected chi connectivity index (χ0v) is 26.0. The molecule has 3 aromatic rings. The maximum atomic E-state index is 14.7. The number of hydrogen-bond acceptors (Lipinski definition) is 6. The van der Waals surface area contributed by atoms with Gasteiger partial charge >= 0.3 is 0 Å². The lowest BCUT2D eigenvalue weighted by atomic mass is 9.81. The van der Waals surface area contributed by atoms with Gasteiger partial charge in [0.05, 0.1) is 18.2 Å². The average molecular weight is 618 g/mol. The Labute approximate surface area is 257 Å². The largest absolute Gasteiger partial charge is 0.497 e. The fourth-order valence-electron chi connectivity index (χ4n) is 9.01. The summed E-state index contributed by atoms with van der Waals surface area (Å²) in [7, 11) is -0.392. The van der Waals surface area contributed by atoms with Crippen molar-refractivity contribution >= 4 is 32.9 Å². The third-order valence-corrected chi connectivity index (χ3v) is 11.7. The molecule has 8 rings (SSSR count). The van der Waals surface area contributed by atoms with Gasteiger partial charge in [-0.1, -0.05) is 25.3 Å². The van der Waals surface area contributed by atoms with Crippen LogP contribution in [-0.2, 0) is 21.5 Å². The van der Waals surface area contributed by atoms with Crippen molar-refractivity contribution in [3.05, 3.63) is 53.1 Å². The summed E-state index contributed by atoms with van der Waals surface area (Å²) < 4.78 is 33.3. The van der Waals surface area contributed by atoms with E-state index in [1.807, 2.05) is 16.9 Å². The number of fused-ring (bicyclic) bond motifs is 9. The molecule has 2 saturated heterocycles. The minimum atomic E-state index is -4.22. The van der Waals surface area contributed by atoms with Gasteiger partial charge in [0.15, 0.2) is 0 Å². The highest BCUT2D eigenvalue weighted by atomic mass is 32.2. The molecule has 3 aliphatic heterocycles. The average Bonchev–Trinajstić information content (AvgIpc) is 3.25. The van der Waals surface area contributed by atoms with Crippen LogP contribution in [0.5, 0.6) is 5.75 Å². The van der Waals surface area contributed by atoms with Gasteiger partial charge in [-0.05, 0) is 80.1 Å². The van der Waals surface area contributed by atoms with E-state index in [1.165, 1.54) is 12.0 Å². The molecule has 2 amide bonds. The number of likely N-dealkylation sites (N-methyl/N-ethyl adjacent to an activating group) is 1.